The van der Waals surface area contributed by atoms with Gasteiger partial charge in [0.25, 0.3) is 5.95 Å². The number of hydrogen-bond acceptors (Lipinski definition) is 4. The van der Waals surface area contributed by atoms with Crippen LogP contribution < -0.4 is 4.74 Å². The van der Waals surface area contributed by atoms with Gasteiger partial charge in [0.15, 0.2) is 5.75 Å². The molecule has 2 rings (SSSR count). The monoisotopic (exact) mass is 213 g/mol. The minimum atomic E-state index is -0.903. The number of pyridine rings is 1. The van der Waals surface area contributed by atoms with Crippen LogP contribution in [0, 0.1) is 5.95 Å². The van der Waals surface area contributed by atoms with Crippen molar-refractivity contribution in [3.05, 3.63) is 18.1 Å². The van der Waals surface area contributed by atoms with Gasteiger partial charge in [0, 0.05) is 18.9 Å². The smallest absolute Gasteiger partial charge is 0.258 e. The molecule has 0 saturated carbocycles. The number of rotatable bonds is 2. The zero-order valence-electron chi connectivity index (χ0n) is 8.15. The number of nitrogens with zero attached hydrogens (tertiary/aromatic N) is 1. The Bertz CT molecular complexity index is 339. The number of aromatic hydroxyl groups is 1. The maximum absolute atomic E-state index is 12.9. The van der Waals surface area contributed by atoms with E-state index in [9.17, 15) is 4.39 Å². The summed E-state index contributed by atoms with van der Waals surface area (Å²) in [6, 6.07) is 2.69. The van der Waals surface area contributed by atoms with E-state index in [1.165, 1.54) is 12.1 Å². The largest absolute Gasteiger partial charge is 0.504 e. The first-order valence-electron chi connectivity index (χ1n) is 4.85. The molecule has 0 atom stereocenters. The fraction of sp³-hybridized carbons (Fsp3) is 0.500. The summed E-state index contributed by atoms with van der Waals surface area (Å²) in [6.07, 6.45) is 1.59. The van der Waals surface area contributed by atoms with Crippen molar-refractivity contribution in [1.29, 1.82) is 0 Å². The van der Waals surface area contributed by atoms with Gasteiger partial charge in [-0.15, -0.1) is 0 Å². The Labute approximate surface area is 86.7 Å². The van der Waals surface area contributed by atoms with E-state index in [0.717, 1.165) is 12.8 Å². The predicted molar refractivity (Wildman–Crippen MR) is 50.3 cm³/mol. The van der Waals surface area contributed by atoms with Gasteiger partial charge >= 0.3 is 0 Å². The molecule has 15 heavy (non-hydrogen) atoms. The Balaban J connectivity index is 2.00. The molecule has 1 fully saturated rings. The maximum Gasteiger partial charge on any atom is 0.258 e. The van der Waals surface area contributed by atoms with E-state index in [1.807, 2.05) is 0 Å². The van der Waals surface area contributed by atoms with Gasteiger partial charge in [0.05, 0.1) is 13.2 Å². The SMILES string of the molecule is Oc1ccc(OC2CCOCC2)nc1F. The Hall–Kier alpha value is -1.36. The van der Waals surface area contributed by atoms with Gasteiger partial charge in [0.1, 0.15) is 6.10 Å². The highest BCUT2D eigenvalue weighted by Gasteiger charge is 2.16. The Morgan fingerprint density at radius 2 is 2.13 bits per heavy atom. The van der Waals surface area contributed by atoms with Crippen molar-refractivity contribution < 1.29 is 19.0 Å². The third kappa shape index (κ3) is 2.56. The fourth-order valence-corrected chi connectivity index (χ4v) is 1.44. The Morgan fingerprint density at radius 3 is 2.80 bits per heavy atom. The quantitative estimate of drug-likeness (QED) is 0.756. The minimum Gasteiger partial charge on any atom is -0.504 e. The van der Waals surface area contributed by atoms with Gasteiger partial charge in [-0.05, 0) is 6.07 Å². The zero-order chi connectivity index (χ0) is 10.7. The van der Waals surface area contributed by atoms with Crippen molar-refractivity contribution in [3.8, 4) is 11.6 Å². The molecule has 4 nitrogen and oxygen atoms in total. The van der Waals surface area contributed by atoms with Gasteiger partial charge in [-0.25, -0.2) is 0 Å². The first-order chi connectivity index (χ1) is 7.25. The van der Waals surface area contributed by atoms with Crippen LogP contribution in [0.3, 0.4) is 0 Å². The minimum absolute atomic E-state index is 0.0233. The first-order valence-corrected chi connectivity index (χ1v) is 4.85. The van der Waals surface area contributed by atoms with E-state index in [0.29, 0.717) is 13.2 Å². The summed E-state index contributed by atoms with van der Waals surface area (Å²) in [5, 5.41) is 8.94. The van der Waals surface area contributed by atoms with E-state index in [4.69, 9.17) is 14.6 Å². The molecule has 0 amide bonds. The molecule has 0 unspecified atom stereocenters. The lowest BCUT2D eigenvalue weighted by molar-refractivity contribution is 0.0233. The average Bonchev–Trinajstić information content (AvgIpc) is 2.25. The second-order valence-electron chi connectivity index (χ2n) is 3.39. The average molecular weight is 213 g/mol. The van der Waals surface area contributed by atoms with Crippen molar-refractivity contribution in [1.82, 2.24) is 4.98 Å². The molecule has 82 valence electrons. The number of aromatic nitrogens is 1. The fourth-order valence-electron chi connectivity index (χ4n) is 1.44. The lowest BCUT2D eigenvalue weighted by Crippen LogP contribution is -2.26. The molecule has 5 heteroatoms. The van der Waals surface area contributed by atoms with Gasteiger partial charge in [0.2, 0.25) is 5.88 Å². The molecule has 1 aliphatic heterocycles. The third-order valence-corrected chi connectivity index (χ3v) is 2.26. The maximum atomic E-state index is 12.9. The van der Waals surface area contributed by atoms with Crippen LogP contribution in [0.25, 0.3) is 0 Å². The first kappa shape index (κ1) is 10.2. The van der Waals surface area contributed by atoms with Crippen molar-refractivity contribution >= 4 is 0 Å². The van der Waals surface area contributed by atoms with Crippen LogP contribution in [-0.4, -0.2) is 29.4 Å². The summed E-state index contributed by atoms with van der Waals surface area (Å²) in [4.78, 5) is 3.49. The normalized spacial score (nSPS) is 17.7. The summed E-state index contributed by atoms with van der Waals surface area (Å²) in [5.74, 6) is -1.16. The molecule has 2 heterocycles. The van der Waals surface area contributed by atoms with Crippen LogP contribution in [-0.2, 0) is 4.74 Å². The Morgan fingerprint density at radius 1 is 1.40 bits per heavy atom. The van der Waals surface area contributed by atoms with Gasteiger partial charge in [-0.1, -0.05) is 0 Å². The number of hydrogen-bond donors (Lipinski definition) is 1. The van der Waals surface area contributed by atoms with Crippen molar-refractivity contribution in [2.75, 3.05) is 13.2 Å². The van der Waals surface area contributed by atoms with E-state index in [2.05, 4.69) is 4.98 Å². The second-order valence-corrected chi connectivity index (χ2v) is 3.39. The van der Waals surface area contributed by atoms with Crippen molar-refractivity contribution in [2.45, 2.75) is 18.9 Å². The van der Waals surface area contributed by atoms with Crippen LogP contribution >= 0.6 is 0 Å². The van der Waals surface area contributed by atoms with E-state index in [1.54, 1.807) is 0 Å². The molecular formula is C10H12FNO3. The van der Waals surface area contributed by atoms with E-state index < -0.39 is 11.7 Å². The summed E-state index contributed by atoms with van der Waals surface area (Å²) in [6.45, 7) is 1.32. The Kier molecular flexibility index (Phi) is 3.01. The lowest BCUT2D eigenvalue weighted by atomic mass is 10.1. The van der Waals surface area contributed by atoms with Crippen molar-refractivity contribution in [2.24, 2.45) is 0 Å². The molecule has 0 aliphatic carbocycles. The molecule has 1 aromatic heterocycles. The van der Waals surface area contributed by atoms with Gasteiger partial charge < -0.3 is 14.6 Å². The molecular weight excluding hydrogens is 201 g/mol. The lowest BCUT2D eigenvalue weighted by Gasteiger charge is -2.22. The number of halogens is 1. The van der Waals surface area contributed by atoms with E-state index >= 15 is 0 Å². The summed E-state index contributed by atoms with van der Waals surface area (Å²) in [5.41, 5.74) is 0. The molecule has 1 saturated heterocycles. The molecule has 0 aromatic carbocycles. The highest BCUT2D eigenvalue weighted by molar-refractivity contribution is 5.23. The summed E-state index contributed by atoms with van der Waals surface area (Å²) in [7, 11) is 0. The van der Waals surface area contributed by atoms with Crippen LogP contribution in [0.5, 0.6) is 11.6 Å². The van der Waals surface area contributed by atoms with Crippen LogP contribution in [0.4, 0.5) is 4.39 Å². The zero-order valence-corrected chi connectivity index (χ0v) is 8.15. The van der Waals surface area contributed by atoms with Crippen LogP contribution in [0.2, 0.25) is 0 Å². The molecule has 0 radical (unpaired) electrons. The van der Waals surface area contributed by atoms with E-state index in [-0.39, 0.29) is 12.0 Å². The van der Waals surface area contributed by atoms with Gasteiger partial charge in [-0.3, -0.25) is 0 Å². The summed E-state index contributed by atoms with van der Waals surface area (Å²) < 4.78 is 23.5. The highest BCUT2D eigenvalue weighted by Crippen LogP contribution is 2.20. The molecule has 1 aliphatic rings. The van der Waals surface area contributed by atoms with Crippen LogP contribution in [0.15, 0.2) is 12.1 Å². The summed E-state index contributed by atoms with van der Waals surface area (Å²) >= 11 is 0. The highest BCUT2D eigenvalue weighted by atomic mass is 19.1. The molecule has 0 spiro atoms. The predicted octanol–water partition coefficient (Wildman–Crippen LogP) is 1.48. The topological polar surface area (TPSA) is 51.6 Å². The molecule has 0 bridgehead atoms. The second kappa shape index (κ2) is 4.44. The standard InChI is InChI=1S/C10H12FNO3/c11-10-8(13)1-2-9(12-10)15-7-3-5-14-6-4-7/h1-2,7,13H,3-6H2. The van der Waals surface area contributed by atoms with Crippen molar-refractivity contribution in [3.63, 3.8) is 0 Å². The molecule has 1 N–H and O–H groups in total. The third-order valence-electron chi connectivity index (χ3n) is 2.26. The van der Waals surface area contributed by atoms with Crippen LogP contribution in [0.1, 0.15) is 12.8 Å². The number of ether oxygens (including phenoxy) is 2. The van der Waals surface area contributed by atoms with Gasteiger partial charge in [-0.2, -0.15) is 9.37 Å². The molecule has 1 aromatic rings.